The number of anilines is 1. The average molecular weight is 243 g/mol. The molecule has 0 spiro atoms. The van der Waals surface area contributed by atoms with Gasteiger partial charge in [0.1, 0.15) is 5.82 Å². The lowest BCUT2D eigenvalue weighted by molar-refractivity contribution is 0.127. The highest BCUT2D eigenvalue weighted by Gasteiger charge is 2.24. The Hall–Kier alpha value is -0.800. The number of hydrogen-bond acceptors (Lipinski definition) is 3. The Labute approximate surface area is 102 Å². The van der Waals surface area contributed by atoms with E-state index in [9.17, 15) is 5.11 Å². The second-order valence-electron chi connectivity index (χ2n) is 4.08. The lowest BCUT2D eigenvalue weighted by Crippen LogP contribution is -2.32. The van der Waals surface area contributed by atoms with Crippen LogP contribution in [0.3, 0.4) is 0 Å². The molecule has 1 heterocycles. The molecule has 0 bridgehead atoms. The van der Waals surface area contributed by atoms with Gasteiger partial charge in [-0.3, -0.25) is 0 Å². The molecule has 4 heteroatoms. The first-order valence-electron chi connectivity index (χ1n) is 5.62. The van der Waals surface area contributed by atoms with Crippen LogP contribution in [0.1, 0.15) is 26.7 Å². The number of aliphatic hydroxyl groups excluding tert-OH is 1. The van der Waals surface area contributed by atoms with Crippen LogP contribution < -0.4 is 5.32 Å². The topological polar surface area (TPSA) is 45.1 Å². The zero-order valence-electron chi connectivity index (χ0n) is 9.83. The van der Waals surface area contributed by atoms with Crippen molar-refractivity contribution >= 4 is 17.4 Å². The minimum Gasteiger partial charge on any atom is -0.396 e. The molecule has 0 atom stereocenters. The van der Waals surface area contributed by atoms with Crippen molar-refractivity contribution in [1.29, 1.82) is 0 Å². The minimum atomic E-state index is -0.0542. The van der Waals surface area contributed by atoms with E-state index in [0.29, 0.717) is 5.02 Å². The number of nitrogens with one attached hydrogen (secondary N) is 1. The summed E-state index contributed by atoms with van der Waals surface area (Å²) in [5.74, 6) is 0.795. The van der Waals surface area contributed by atoms with E-state index in [2.05, 4.69) is 24.1 Å². The third-order valence-corrected chi connectivity index (χ3v) is 3.43. The fourth-order valence-corrected chi connectivity index (χ4v) is 1.65. The zero-order valence-corrected chi connectivity index (χ0v) is 10.6. The predicted molar refractivity (Wildman–Crippen MR) is 67.8 cm³/mol. The molecule has 0 unspecified atom stereocenters. The van der Waals surface area contributed by atoms with Crippen molar-refractivity contribution in [2.24, 2.45) is 5.41 Å². The average Bonchev–Trinajstić information content (AvgIpc) is 2.34. The van der Waals surface area contributed by atoms with Crippen molar-refractivity contribution in [2.45, 2.75) is 26.7 Å². The highest BCUT2D eigenvalue weighted by Crippen LogP contribution is 2.25. The summed E-state index contributed by atoms with van der Waals surface area (Å²) in [7, 11) is 0. The first kappa shape index (κ1) is 13.3. The summed E-state index contributed by atoms with van der Waals surface area (Å²) in [6, 6.07) is 3.64. The number of halogens is 1. The molecule has 0 fully saturated rings. The molecule has 3 nitrogen and oxygen atoms in total. The first-order chi connectivity index (χ1) is 7.65. The van der Waals surface area contributed by atoms with Gasteiger partial charge in [0.15, 0.2) is 0 Å². The molecule has 1 rings (SSSR count). The Kier molecular flexibility index (Phi) is 5.03. The largest absolute Gasteiger partial charge is 0.396 e. The van der Waals surface area contributed by atoms with E-state index in [4.69, 9.17) is 11.6 Å². The van der Waals surface area contributed by atoms with Crippen molar-refractivity contribution < 1.29 is 5.11 Å². The van der Waals surface area contributed by atoms with Crippen LogP contribution in [-0.2, 0) is 0 Å². The summed E-state index contributed by atoms with van der Waals surface area (Å²) in [5.41, 5.74) is -0.0542. The molecule has 0 aliphatic carbocycles. The number of pyridine rings is 1. The molecular weight excluding hydrogens is 224 g/mol. The molecule has 0 aliphatic rings. The number of hydrogen-bond donors (Lipinski definition) is 2. The minimum absolute atomic E-state index is 0.0542. The highest BCUT2D eigenvalue weighted by atomic mass is 35.5. The maximum Gasteiger partial charge on any atom is 0.126 e. The third kappa shape index (κ3) is 3.35. The summed E-state index contributed by atoms with van der Waals surface area (Å²) in [6.45, 7) is 5.11. The third-order valence-electron chi connectivity index (χ3n) is 3.21. The molecule has 16 heavy (non-hydrogen) atoms. The summed E-state index contributed by atoms with van der Waals surface area (Å²) in [4.78, 5) is 4.16. The van der Waals surface area contributed by atoms with Gasteiger partial charge in [0.05, 0.1) is 11.6 Å². The number of aromatic nitrogens is 1. The smallest absolute Gasteiger partial charge is 0.126 e. The monoisotopic (exact) mass is 242 g/mol. The Morgan fingerprint density at radius 2 is 2.06 bits per heavy atom. The van der Waals surface area contributed by atoms with Gasteiger partial charge >= 0.3 is 0 Å². The Morgan fingerprint density at radius 3 is 2.50 bits per heavy atom. The summed E-state index contributed by atoms with van der Waals surface area (Å²) < 4.78 is 0. The van der Waals surface area contributed by atoms with Gasteiger partial charge in [0.25, 0.3) is 0 Å². The zero-order chi connectivity index (χ0) is 12.0. The maximum atomic E-state index is 9.42. The number of nitrogens with zero attached hydrogens (tertiary/aromatic N) is 1. The highest BCUT2D eigenvalue weighted by molar-refractivity contribution is 6.30. The van der Waals surface area contributed by atoms with E-state index in [0.717, 1.165) is 25.2 Å². The second kappa shape index (κ2) is 6.06. The molecule has 90 valence electrons. The molecule has 0 amide bonds. The van der Waals surface area contributed by atoms with E-state index < -0.39 is 0 Å². The fraction of sp³-hybridized carbons (Fsp3) is 0.583. The standard InChI is InChI=1S/C12H19ClN2O/c1-3-12(4-2,9-16)8-15-11-6-5-10(13)7-14-11/h5-7,16H,3-4,8-9H2,1-2H3,(H,14,15). The van der Waals surface area contributed by atoms with E-state index in [1.165, 1.54) is 0 Å². The van der Waals surface area contributed by atoms with Crippen LogP contribution in [0, 0.1) is 5.41 Å². The van der Waals surface area contributed by atoms with Gasteiger partial charge in [-0.25, -0.2) is 4.98 Å². The van der Waals surface area contributed by atoms with Crippen LogP contribution in [0.25, 0.3) is 0 Å². The van der Waals surface area contributed by atoms with Gasteiger partial charge < -0.3 is 10.4 Å². The van der Waals surface area contributed by atoms with Crippen LogP contribution in [0.2, 0.25) is 5.02 Å². The number of rotatable bonds is 6. The van der Waals surface area contributed by atoms with E-state index >= 15 is 0 Å². The van der Waals surface area contributed by atoms with Crippen LogP contribution in [0.15, 0.2) is 18.3 Å². The van der Waals surface area contributed by atoms with Crippen molar-refractivity contribution in [3.8, 4) is 0 Å². The summed E-state index contributed by atoms with van der Waals surface area (Å²) in [6.07, 6.45) is 3.50. The molecule has 0 saturated heterocycles. The molecule has 0 radical (unpaired) electrons. The Morgan fingerprint density at radius 1 is 1.38 bits per heavy atom. The molecule has 1 aromatic heterocycles. The first-order valence-corrected chi connectivity index (χ1v) is 6.00. The maximum absolute atomic E-state index is 9.42. The molecule has 0 aliphatic heterocycles. The van der Waals surface area contributed by atoms with Gasteiger partial charge in [-0.15, -0.1) is 0 Å². The number of aliphatic hydroxyl groups is 1. The van der Waals surface area contributed by atoms with E-state index in [-0.39, 0.29) is 12.0 Å². The second-order valence-corrected chi connectivity index (χ2v) is 4.52. The van der Waals surface area contributed by atoms with Gasteiger partial charge in [-0.1, -0.05) is 25.4 Å². The summed E-state index contributed by atoms with van der Waals surface area (Å²) in [5, 5.41) is 13.3. The van der Waals surface area contributed by atoms with E-state index in [1.807, 2.05) is 6.07 Å². The van der Waals surface area contributed by atoms with Gasteiger partial charge in [0, 0.05) is 18.2 Å². The van der Waals surface area contributed by atoms with Crippen molar-refractivity contribution in [3.63, 3.8) is 0 Å². The van der Waals surface area contributed by atoms with Gasteiger partial charge in [0.2, 0.25) is 0 Å². The Bertz CT molecular complexity index is 301. The lowest BCUT2D eigenvalue weighted by atomic mass is 9.83. The predicted octanol–water partition coefficient (Wildman–Crippen LogP) is 2.95. The molecule has 0 saturated carbocycles. The van der Waals surface area contributed by atoms with Crippen LogP contribution in [-0.4, -0.2) is 23.2 Å². The van der Waals surface area contributed by atoms with Crippen LogP contribution >= 0.6 is 11.6 Å². The fourth-order valence-electron chi connectivity index (χ4n) is 1.54. The molecule has 2 N–H and O–H groups in total. The van der Waals surface area contributed by atoms with Crippen molar-refractivity contribution in [2.75, 3.05) is 18.5 Å². The van der Waals surface area contributed by atoms with Crippen molar-refractivity contribution in [3.05, 3.63) is 23.4 Å². The molecular formula is C12H19ClN2O. The molecule has 1 aromatic rings. The molecule has 0 aromatic carbocycles. The quantitative estimate of drug-likeness (QED) is 0.806. The summed E-state index contributed by atoms with van der Waals surface area (Å²) >= 11 is 5.75. The Balaban J connectivity index is 2.58. The van der Waals surface area contributed by atoms with Gasteiger partial charge in [-0.2, -0.15) is 0 Å². The van der Waals surface area contributed by atoms with E-state index in [1.54, 1.807) is 12.3 Å². The van der Waals surface area contributed by atoms with Crippen LogP contribution in [0.5, 0.6) is 0 Å². The normalized spacial score (nSPS) is 11.5. The van der Waals surface area contributed by atoms with Crippen LogP contribution in [0.4, 0.5) is 5.82 Å². The lowest BCUT2D eigenvalue weighted by Gasteiger charge is -2.29. The van der Waals surface area contributed by atoms with Gasteiger partial charge in [-0.05, 0) is 25.0 Å². The SMILES string of the molecule is CCC(CC)(CO)CNc1ccc(Cl)cn1. The van der Waals surface area contributed by atoms with Crippen molar-refractivity contribution in [1.82, 2.24) is 4.98 Å².